The van der Waals surface area contributed by atoms with Crippen LogP contribution in [0.3, 0.4) is 0 Å². The van der Waals surface area contributed by atoms with Gasteiger partial charge < -0.3 is 10.0 Å². The Labute approximate surface area is 123 Å². The number of piperidine rings is 1. The molecule has 0 aliphatic carbocycles. The molecule has 0 aromatic carbocycles. The first-order valence-electron chi connectivity index (χ1n) is 7.53. The number of carbonyl (C=O) groups is 2. The molecule has 6 heteroatoms. The van der Waals surface area contributed by atoms with Crippen molar-refractivity contribution in [1.29, 1.82) is 0 Å². The van der Waals surface area contributed by atoms with E-state index in [2.05, 4.69) is 10.2 Å². The standard InChI is InChI=1S/C15H21N3O3/c1-8-14(9(2)17-16-8)15(21)18-11-3-4-12(18)6-10(5-11)7-13(19)20/h10-12H,3-7H2,1-2H3,(H,16,17)(H,19,20). The summed E-state index contributed by atoms with van der Waals surface area (Å²) in [6, 6.07) is 0.378. The number of H-pyrrole nitrogens is 1. The minimum absolute atomic E-state index is 0.0556. The number of aromatic nitrogens is 2. The molecule has 6 nitrogen and oxygen atoms in total. The average molecular weight is 291 g/mol. The summed E-state index contributed by atoms with van der Waals surface area (Å²) >= 11 is 0. The number of hydrogen-bond acceptors (Lipinski definition) is 3. The van der Waals surface area contributed by atoms with Crippen LogP contribution in [0.5, 0.6) is 0 Å². The molecule has 2 N–H and O–H groups in total. The van der Waals surface area contributed by atoms with Crippen LogP contribution in [0.25, 0.3) is 0 Å². The number of amides is 1. The van der Waals surface area contributed by atoms with E-state index in [9.17, 15) is 9.59 Å². The van der Waals surface area contributed by atoms with Gasteiger partial charge in [0.25, 0.3) is 5.91 Å². The second-order valence-electron chi connectivity index (χ2n) is 6.34. The Morgan fingerprint density at radius 2 is 1.90 bits per heavy atom. The molecule has 114 valence electrons. The molecule has 0 radical (unpaired) electrons. The van der Waals surface area contributed by atoms with Crippen LogP contribution in [-0.2, 0) is 4.79 Å². The van der Waals surface area contributed by atoms with Crippen LogP contribution < -0.4 is 0 Å². The van der Waals surface area contributed by atoms with Gasteiger partial charge in [-0.05, 0) is 45.4 Å². The zero-order chi connectivity index (χ0) is 15.1. The average Bonchev–Trinajstić information content (AvgIpc) is 2.86. The number of aromatic amines is 1. The lowest BCUT2D eigenvalue weighted by Gasteiger charge is -2.38. The van der Waals surface area contributed by atoms with E-state index in [1.165, 1.54) is 0 Å². The van der Waals surface area contributed by atoms with E-state index in [4.69, 9.17) is 5.11 Å². The molecule has 1 amide bonds. The van der Waals surface area contributed by atoms with Gasteiger partial charge in [0, 0.05) is 24.2 Å². The van der Waals surface area contributed by atoms with Crippen LogP contribution in [0.4, 0.5) is 0 Å². The summed E-state index contributed by atoms with van der Waals surface area (Å²) in [5, 5.41) is 15.9. The van der Waals surface area contributed by atoms with Crippen LogP contribution in [0.15, 0.2) is 0 Å². The van der Waals surface area contributed by atoms with Crippen molar-refractivity contribution in [3.05, 3.63) is 17.0 Å². The molecular formula is C15H21N3O3. The Morgan fingerprint density at radius 3 is 2.38 bits per heavy atom. The minimum Gasteiger partial charge on any atom is -0.481 e. The Hall–Kier alpha value is -1.85. The molecule has 2 saturated heterocycles. The molecule has 3 heterocycles. The van der Waals surface area contributed by atoms with Gasteiger partial charge >= 0.3 is 5.97 Å². The smallest absolute Gasteiger partial charge is 0.303 e. The number of nitrogens with zero attached hydrogens (tertiary/aromatic N) is 2. The molecule has 0 saturated carbocycles. The molecular weight excluding hydrogens is 270 g/mol. The van der Waals surface area contributed by atoms with Crippen LogP contribution in [0.1, 0.15) is 53.8 Å². The maximum atomic E-state index is 12.8. The highest BCUT2D eigenvalue weighted by molar-refractivity contribution is 5.97. The third kappa shape index (κ3) is 2.43. The Morgan fingerprint density at radius 1 is 1.29 bits per heavy atom. The van der Waals surface area contributed by atoms with Gasteiger partial charge in [-0.2, -0.15) is 5.10 Å². The van der Waals surface area contributed by atoms with Crippen molar-refractivity contribution in [2.24, 2.45) is 5.92 Å². The van der Waals surface area contributed by atoms with Gasteiger partial charge in [0.05, 0.1) is 11.3 Å². The van der Waals surface area contributed by atoms with Gasteiger partial charge in [0.1, 0.15) is 0 Å². The molecule has 0 spiro atoms. The predicted molar refractivity (Wildman–Crippen MR) is 76.0 cm³/mol. The van der Waals surface area contributed by atoms with Gasteiger partial charge in [0.15, 0.2) is 0 Å². The van der Waals surface area contributed by atoms with Gasteiger partial charge in [-0.15, -0.1) is 0 Å². The first-order chi connectivity index (χ1) is 9.97. The monoisotopic (exact) mass is 291 g/mol. The normalized spacial score (nSPS) is 27.9. The van der Waals surface area contributed by atoms with Crippen molar-refractivity contribution in [3.63, 3.8) is 0 Å². The largest absolute Gasteiger partial charge is 0.481 e. The van der Waals surface area contributed by atoms with Crippen molar-refractivity contribution < 1.29 is 14.7 Å². The van der Waals surface area contributed by atoms with Crippen LogP contribution >= 0.6 is 0 Å². The number of fused-ring (bicyclic) bond motifs is 2. The molecule has 2 fully saturated rings. The van der Waals surface area contributed by atoms with Crippen molar-refractivity contribution in [2.75, 3.05) is 0 Å². The van der Waals surface area contributed by atoms with E-state index in [0.717, 1.165) is 37.1 Å². The Kier molecular flexibility index (Phi) is 3.47. The molecule has 2 unspecified atom stereocenters. The molecule has 3 rings (SSSR count). The second-order valence-corrected chi connectivity index (χ2v) is 6.34. The topological polar surface area (TPSA) is 86.3 Å². The highest BCUT2D eigenvalue weighted by Gasteiger charge is 2.44. The SMILES string of the molecule is Cc1n[nH]c(C)c1C(=O)N1C2CCC1CC(CC(=O)O)C2. The fourth-order valence-electron chi connectivity index (χ4n) is 4.03. The third-order valence-electron chi connectivity index (χ3n) is 4.87. The van der Waals surface area contributed by atoms with Gasteiger partial charge in [-0.3, -0.25) is 14.7 Å². The molecule has 2 aliphatic rings. The molecule has 2 aliphatic heterocycles. The van der Waals surface area contributed by atoms with E-state index in [0.29, 0.717) is 5.56 Å². The van der Waals surface area contributed by atoms with Gasteiger partial charge in [0.2, 0.25) is 0 Å². The number of aryl methyl sites for hydroxylation is 2. The number of nitrogens with one attached hydrogen (secondary N) is 1. The number of carboxylic acid groups (broad SMARTS) is 1. The number of carbonyl (C=O) groups excluding carboxylic acids is 1. The van der Waals surface area contributed by atoms with Gasteiger partial charge in [-0.1, -0.05) is 0 Å². The number of carboxylic acids is 1. The van der Waals surface area contributed by atoms with E-state index in [1.54, 1.807) is 0 Å². The van der Waals surface area contributed by atoms with Crippen LogP contribution in [-0.4, -0.2) is 44.2 Å². The highest BCUT2D eigenvalue weighted by Crippen LogP contribution is 2.41. The zero-order valence-electron chi connectivity index (χ0n) is 12.4. The molecule has 2 bridgehead atoms. The summed E-state index contributed by atoms with van der Waals surface area (Å²) in [5.41, 5.74) is 2.23. The van der Waals surface area contributed by atoms with Crippen molar-refractivity contribution in [2.45, 2.75) is 58.0 Å². The highest BCUT2D eigenvalue weighted by atomic mass is 16.4. The summed E-state index contributed by atoms with van der Waals surface area (Å²) in [7, 11) is 0. The summed E-state index contributed by atoms with van der Waals surface area (Å²) in [4.78, 5) is 25.7. The predicted octanol–water partition coefficient (Wildman–Crippen LogP) is 1.88. The molecule has 21 heavy (non-hydrogen) atoms. The fourth-order valence-corrected chi connectivity index (χ4v) is 4.03. The number of hydrogen-bond donors (Lipinski definition) is 2. The zero-order valence-corrected chi connectivity index (χ0v) is 12.4. The Bertz CT molecular complexity index is 547. The maximum Gasteiger partial charge on any atom is 0.303 e. The fraction of sp³-hybridized carbons (Fsp3) is 0.667. The summed E-state index contributed by atoms with van der Waals surface area (Å²) in [6.45, 7) is 3.71. The molecule has 1 aromatic rings. The summed E-state index contributed by atoms with van der Waals surface area (Å²) < 4.78 is 0. The second kappa shape index (κ2) is 5.16. The summed E-state index contributed by atoms with van der Waals surface area (Å²) in [6.07, 6.45) is 3.82. The van der Waals surface area contributed by atoms with Crippen molar-refractivity contribution >= 4 is 11.9 Å². The Balaban J connectivity index is 1.79. The lowest BCUT2D eigenvalue weighted by molar-refractivity contribution is -0.138. The third-order valence-corrected chi connectivity index (χ3v) is 4.87. The quantitative estimate of drug-likeness (QED) is 0.890. The number of rotatable bonds is 3. The molecule has 2 atom stereocenters. The molecule has 1 aromatic heterocycles. The lowest BCUT2D eigenvalue weighted by atomic mass is 9.87. The van der Waals surface area contributed by atoms with Crippen molar-refractivity contribution in [1.82, 2.24) is 15.1 Å². The van der Waals surface area contributed by atoms with Crippen LogP contribution in [0, 0.1) is 19.8 Å². The van der Waals surface area contributed by atoms with E-state index < -0.39 is 5.97 Å². The van der Waals surface area contributed by atoms with Gasteiger partial charge in [-0.25, -0.2) is 0 Å². The summed E-state index contributed by atoms with van der Waals surface area (Å²) in [5.74, 6) is -0.476. The van der Waals surface area contributed by atoms with E-state index in [-0.39, 0.29) is 30.3 Å². The van der Waals surface area contributed by atoms with E-state index >= 15 is 0 Å². The van der Waals surface area contributed by atoms with Crippen molar-refractivity contribution in [3.8, 4) is 0 Å². The first kappa shape index (κ1) is 14.1. The number of aliphatic carboxylic acids is 1. The minimum atomic E-state index is -0.735. The first-order valence-corrected chi connectivity index (χ1v) is 7.53. The van der Waals surface area contributed by atoms with Crippen LogP contribution in [0.2, 0.25) is 0 Å². The van der Waals surface area contributed by atoms with E-state index in [1.807, 2.05) is 18.7 Å². The lowest BCUT2D eigenvalue weighted by Crippen LogP contribution is -2.47. The maximum absolute atomic E-state index is 12.8.